The van der Waals surface area contributed by atoms with E-state index in [2.05, 4.69) is 14.6 Å². The molecule has 0 bridgehead atoms. The third-order valence-corrected chi connectivity index (χ3v) is 8.14. The molecule has 0 saturated carbocycles. The molecule has 0 N–H and O–H groups in total. The Kier molecular flexibility index (Phi) is 10.0. The number of likely N-dealkylation sites (tertiary alicyclic amines) is 2. The molecule has 1 amide bonds. The number of benzene rings is 2. The van der Waals surface area contributed by atoms with Crippen molar-refractivity contribution in [2.75, 3.05) is 33.3 Å². The van der Waals surface area contributed by atoms with Crippen LogP contribution in [0.2, 0.25) is 0 Å². The van der Waals surface area contributed by atoms with Gasteiger partial charge in [0.25, 0.3) is 5.91 Å². The third-order valence-electron chi connectivity index (χ3n) is 8.14. The van der Waals surface area contributed by atoms with E-state index in [1.165, 1.54) is 18.3 Å². The van der Waals surface area contributed by atoms with Crippen LogP contribution in [0.15, 0.2) is 66.9 Å². The number of carbonyl (C=O) groups is 2. The molecule has 0 radical (unpaired) electrons. The van der Waals surface area contributed by atoms with Gasteiger partial charge in [0.1, 0.15) is 29.0 Å². The van der Waals surface area contributed by atoms with Crippen LogP contribution in [-0.2, 0) is 6.54 Å². The van der Waals surface area contributed by atoms with Gasteiger partial charge in [-0.15, -0.1) is 13.2 Å². The van der Waals surface area contributed by atoms with Crippen LogP contribution < -0.4 is 14.2 Å². The van der Waals surface area contributed by atoms with Crippen LogP contribution in [0.25, 0.3) is 0 Å². The molecule has 2 aliphatic rings. The van der Waals surface area contributed by atoms with Gasteiger partial charge >= 0.3 is 6.36 Å². The van der Waals surface area contributed by atoms with Crippen LogP contribution in [-0.4, -0.2) is 72.2 Å². The maximum atomic E-state index is 13.0. The Balaban J connectivity index is 1.03. The largest absolute Gasteiger partial charge is 0.573 e. The van der Waals surface area contributed by atoms with Gasteiger partial charge in [-0.3, -0.25) is 19.5 Å². The summed E-state index contributed by atoms with van der Waals surface area (Å²) in [6, 6.07) is 16.7. The molecule has 11 heteroatoms. The minimum Gasteiger partial charge on any atom is -0.497 e. The molecule has 5 rings (SSSR count). The van der Waals surface area contributed by atoms with E-state index in [1.54, 1.807) is 36.3 Å². The molecule has 0 spiro atoms. The summed E-state index contributed by atoms with van der Waals surface area (Å²) in [5.74, 6) is 1.40. The number of carbonyl (C=O) groups excluding carboxylic acids is 2. The van der Waals surface area contributed by atoms with E-state index in [0.717, 1.165) is 55.8 Å². The average Bonchev–Trinajstić information content (AvgIpc) is 3.03. The van der Waals surface area contributed by atoms with Gasteiger partial charge in [0, 0.05) is 50.7 Å². The van der Waals surface area contributed by atoms with Crippen LogP contribution >= 0.6 is 0 Å². The summed E-state index contributed by atoms with van der Waals surface area (Å²) >= 11 is 0. The second-order valence-electron chi connectivity index (χ2n) is 11.3. The fourth-order valence-corrected chi connectivity index (χ4v) is 5.65. The highest BCUT2D eigenvalue weighted by atomic mass is 19.4. The first-order chi connectivity index (χ1) is 21.1. The lowest BCUT2D eigenvalue weighted by molar-refractivity contribution is -0.274. The maximum absolute atomic E-state index is 13.0. The highest BCUT2D eigenvalue weighted by molar-refractivity contribution is 5.97. The van der Waals surface area contributed by atoms with E-state index in [0.29, 0.717) is 37.3 Å². The Hall–Kier alpha value is -4.12. The molecular weight excluding hydrogens is 575 g/mol. The molecule has 44 heavy (non-hydrogen) atoms. The Morgan fingerprint density at radius 3 is 2.07 bits per heavy atom. The number of rotatable bonds is 10. The molecule has 3 aromatic rings. The first-order valence-corrected chi connectivity index (χ1v) is 14.8. The van der Waals surface area contributed by atoms with Gasteiger partial charge in [-0.2, -0.15) is 0 Å². The van der Waals surface area contributed by atoms with E-state index in [9.17, 15) is 22.8 Å². The molecule has 0 unspecified atom stereocenters. The molecule has 234 valence electrons. The van der Waals surface area contributed by atoms with Crippen molar-refractivity contribution in [1.82, 2.24) is 14.8 Å². The van der Waals surface area contributed by atoms with E-state index in [4.69, 9.17) is 9.47 Å². The lowest BCUT2D eigenvalue weighted by Crippen LogP contribution is -2.42. The van der Waals surface area contributed by atoms with Gasteiger partial charge in [0.2, 0.25) is 0 Å². The number of amides is 1. The Morgan fingerprint density at radius 1 is 0.841 bits per heavy atom. The quantitative estimate of drug-likeness (QED) is 0.254. The Labute approximate surface area is 254 Å². The molecule has 3 heterocycles. The van der Waals surface area contributed by atoms with Crippen molar-refractivity contribution in [1.29, 1.82) is 0 Å². The predicted octanol–water partition coefficient (Wildman–Crippen LogP) is 6.16. The number of pyridine rings is 1. The van der Waals surface area contributed by atoms with Crippen molar-refractivity contribution in [3.05, 3.63) is 83.7 Å². The number of methoxy groups -OCH3 is 1. The lowest BCUT2D eigenvalue weighted by atomic mass is 9.90. The maximum Gasteiger partial charge on any atom is 0.573 e. The lowest BCUT2D eigenvalue weighted by Gasteiger charge is -2.32. The minimum atomic E-state index is -4.70. The van der Waals surface area contributed by atoms with Crippen molar-refractivity contribution in [3.63, 3.8) is 0 Å². The van der Waals surface area contributed by atoms with E-state index >= 15 is 0 Å². The monoisotopic (exact) mass is 611 g/mol. The summed E-state index contributed by atoms with van der Waals surface area (Å²) in [5, 5.41) is 0. The minimum absolute atomic E-state index is 0.00620. The number of piperidine rings is 2. The van der Waals surface area contributed by atoms with Crippen LogP contribution in [0.5, 0.6) is 17.2 Å². The second kappa shape index (κ2) is 14.1. The van der Waals surface area contributed by atoms with Crippen LogP contribution in [0.1, 0.15) is 58.5 Å². The summed E-state index contributed by atoms with van der Waals surface area (Å²) in [6.45, 7) is 3.36. The van der Waals surface area contributed by atoms with Crippen molar-refractivity contribution >= 4 is 11.7 Å². The van der Waals surface area contributed by atoms with E-state index in [-0.39, 0.29) is 29.5 Å². The molecule has 8 nitrogen and oxygen atoms in total. The summed E-state index contributed by atoms with van der Waals surface area (Å²) in [7, 11) is 1.62. The van der Waals surface area contributed by atoms with Gasteiger partial charge in [0.05, 0.1) is 7.11 Å². The van der Waals surface area contributed by atoms with Gasteiger partial charge in [0.15, 0.2) is 5.78 Å². The standard InChI is InChI=1S/C33H36F3N3O5/c1-42-26-7-9-27(10-8-26)43-28-14-18-39(19-15-28)32(41)30-11-4-25(21-37-30)31(40)20-23-12-16-38(17-13-23)22-24-2-5-29(6-3-24)44-33(34,35)36/h2-11,21,23,28H,12-20,22H2,1H3. The highest BCUT2D eigenvalue weighted by Gasteiger charge is 2.31. The number of alkyl halides is 3. The number of halogens is 3. The molecule has 2 aromatic carbocycles. The molecule has 1 aromatic heterocycles. The van der Waals surface area contributed by atoms with E-state index < -0.39 is 6.36 Å². The molecular formula is C33H36F3N3O5. The van der Waals surface area contributed by atoms with E-state index in [1.807, 2.05) is 24.3 Å². The SMILES string of the molecule is COc1ccc(OC2CCN(C(=O)c3ccc(C(=O)CC4CCN(Cc5ccc(OC(F)(F)F)cc5)CC4)cn3)CC2)cc1. The Morgan fingerprint density at radius 2 is 1.48 bits per heavy atom. The van der Waals surface area contributed by atoms with Gasteiger partial charge in [-0.25, -0.2) is 0 Å². The number of Topliss-reactive ketones (excluding diaryl/α,β-unsaturated/α-hetero) is 1. The number of hydrogen-bond donors (Lipinski definition) is 0. The normalized spacial score (nSPS) is 16.9. The van der Waals surface area contributed by atoms with Crippen LogP contribution in [0.3, 0.4) is 0 Å². The van der Waals surface area contributed by atoms with Gasteiger partial charge in [-0.1, -0.05) is 12.1 Å². The molecule has 2 fully saturated rings. The van der Waals surface area contributed by atoms with Gasteiger partial charge in [-0.05, 0) is 85.9 Å². The summed E-state index contributed by atoms with van der Waals surface area (Å²) in [4.78, 5) is 34.3. The number of nitrogens with zero attached hydrogens (tertiary/aromatic N) is 3. The van der Waals surface area contributed by atoms with Crippen molar-refractivity contribution in [2.45, 2.75) is 51.1 Å². The number of ether oxygens (including phenoxy) is 3. The topological polar surface area (TPSA) is 81.2 Å². The summed E-state index contributed by atoms with van der Waals surface area (Å²) in [5.41, 5.74) is 1.72. The fourth-order valence-electron chi connectivity index (χ4n) is 5.65. The smallest absolute Gasteiger partial charge is 0.497 e. The molecule has 2 saturated heterocycles. The van der Waals surface area contributed by atoms with Crippen LogP contribution in [0.4, 0.5) is 13.2 Å². The first-order valence-electron chi connectivity index (χ1n) is 14.8. The second-order valence-corrected chi connectivity index (χ2v) is 11.3. The summed E-state index contributed by atoms with van der Waals surface area (Å²) in [6.07, 6.45) is 0.369. The highest BCUT2D eigenvalue weighted by Crippen LogP contribution is 2.27. The van der Waals surface area contributed by atoms with Gasteiger partial charge < -0.3 is 19.1 Å². The summed E-state index contributed by atoms with van der Waals surface area (Å²) < 4.78 is 52.3. The predicted molar refractivity (Wildman–Crippen MR) is 157 cm³/mol. The number of hydrogen-bond acceptors (Lipinski definition) is 7. The zero-order valence-electron chi connectivity index (χ0n) is 24.6. The van der Waals surface area contributed by atoms with Crippen molar-refractivity contribution in [3.8, 4) is 17.2 Å². The molecule has 0 aliphatic carbocycles. The third kappa shape index (κ3) is 8.72. The first kappa shape index (κ1) is 31.3. The zero-order valence-corrected chi connectivity index (χ0v) is 24.6. The van der Waals surface area contributed by atoms with Crippen molar-refractivity contribution < 1.29 is 37.0 Å². The fraction of sp³-hybridized carbons (Fsp3) is 0.424. The molecule has 0 atom stereocenters. The van der Waals surface area contributed by atoms with Crippen molar-refractivity contribution in [2.24, 2.45) is 5.92 Å². The van der Waals surface area contributed by atoms with Crippen LogP contribution in [0, 0.1) is 5.92 Å². The number of aromatic nitrogens is 1. The molecule has 2 aliphatic heterocycles. The Bertz CT molecular complexity index is 1380. The number of ketones is 1. The average molecular weight is 612 g/mol. The zero-order chi connectivity index (χ0) is 31.1.